The Balaban J connectivity index is 1.71. The summed E-state index contributed by atoms with van der Waals surface area (Å²) in [6.45, 7) is 6.72. The van der Waals surface area contributed by atoms with Crippen LogP contribution >= 0.6 is 11.8 Å². The van der Waals surface area contributed by atoms with E-state index in [1.54, 1.807) is 13.2 Å². The minimum atomic E-state index is -0.451. The van der Waals surface area contributed by atoms with Crippen molar-refractivity contribution in [3.8, 4) is 5.75 Å². The van der Waals surface area contributed by atoms with Crippen molar-refractivity contribution in [3.63, 3.8) is 0 Å². The van der Waals surface area contributed by atoms with Crippen molar-refractivity contribution >= 4 is 34.5 Å². The first-order chi connectivity index (χ1) is 16.0. The molecule has 2 N–H and O–H groups in total. The van der Waals surface area contributed by atoms with Gasteiger partial charge in [-0.2, -0.15) is 0 Å². The standard InChI is InChI=1S/C23H30N6O3S/c1-5-16(30)15-13-14(7-8-17(15)31-4)20(24)33-23-26-21-19(25-18(6-2)28(21)3)22(27-23)29-9-11-32-12-10-29/h7-8,13,20H,5-6,9-12,24H2,1-4H3. The van der Waals surface area contributed by atoms with E-state index in [-0.39, 0.29) is 5.78 Å². The fraction of sp³-hybridized carbons (Fsp3) is 0.478. The molecule has 1 unspecified atom stereocenters. The normalized spacial score (nSPS) is 15.1. The number of morpholine rings is 1. The second-order valence-electron chi connectivity index (χ2n) is 7.82. The summed E-state index contributed by atoms with van der Waals surface area (Å²) >= 11 is 1.36. The van der Waals surface area contributed by atoms with Crippen LogP contribution in [0.25, 0.3) is 11.2 Å². The SMILES string of the molecule is CCC(=O)c1cc(C(N)Sc2nc(N3CCOCC3)c3nc(CC)n(C)c3n2)ccc1OC. The molecule has 0 spiro atoms. The number of hydrogen-bond donors (Lipinski definition) is 1. The third-order valence-corrected chi connectivity index (χ3v) is 6.72. The molecule has 10 heteroatoms. The zero-order valence-corrected chi connectivity index (χ0v) is 20.3. The van der Waals surface area contributed by atoms with E-state index in [2.05, 4.69) is 11.8 Å². The number of nitrogens with zero attached hydrogens (tertiary/aromatic N) is 5. The van der Waals surface area contributed by atoms with E-state index in [1.165, 1.54) is 11.8 Å². The number of ether oxygens (including phenoxy) is 2. The van der Waals surface area contributed by atoms with Gasteiger partial charge in [0.15, 0.2) is 27.9 Å². The summed E-state index contributed by atoms with van der Waals surface area (Å²) in [6.07, 6.45) is 1.20. The van der Waals surface area contributed by atoms with Crippen LogP contribution in [0.1, 0.15) is 47.4 Å². The van der Waals surface area contributed by atoms with Crippen molar-refractivity contribution in [2.75, 3.05) is 38.3 Å². The van der Waals surface area contributed by atoms with Crippen molar-refractivity contribution in [2.45, 2.75) is 37.2 Å². The van der Waals surface area contributed by atoms with Gasteiger partial charge in [0.1, 0.15) is 11.6 Å². The first-order valence-electron chi connectivity index (χ1n) is 11.2. The molecule has 0 aliphatic carbocycles. The number of benzene rings is 1. The number of carbonyl (C=O) groups excluding carboxylic acids is 1. The quantitative estimate of drug-likeness (QED) is 0.230. The molecule has 1 fully saturated rings. The summed E-state index contributed by atoms with van der Waals surface area (Å²) in [5.74, 6) is 2.33. The number of imidazole rings is 1. The van der Waals surface area contributed by atoms with E-state index in [4.69, 9.17) is 30.2 Å². The minimum absolute atomic E-state index is 0.0140. The van der Waals surface area contributed by atoms with Gasteiger partial charge in [-0.25, -0.2) is 15.0 Å². The molecular formula is C23H30N6O3S. The second kappa shape index (κ2) is 10.1. The third-order valence-electron chi connectivity index (χ3n) is 5.81. The van der Waals surface area contributed by atoms with Gasteiger partial charge in [0.05, 0.1) is 31.3 Å². The molecule has 9 nitrogen and oxygen atoms in total. The largest absolute Gasteiger partial charge is 0.496 e. The summed E-state index contributed by atoms with van der Waals surface area (Å²) in [5.41, 5.74) is 9.49. The van der Waals surface area contributed by atoms with Crippen molar-refractivity contribution in [3.05, 3.63) is 35.2 Å². The highest BCUT2D eigenvalue weighted by atomic mass is 32.2. The number of Topliss-reactive ketones (excluding diaryl/α,β-unsaturated/α-hetero) is 1. The Hall–Kier alpha value is -2.69. The van der Waals surface area contributed by atoms with E-state index >= 15 is 0 Å². The molecule has 1 aromatic carbocycles. The molecule has 1 saturated heterocycles. The number of hydrogen-bond acceptors (Lipinski definition) is 9. The van der Waals surface area contributed by atoms with Gasteiger partial charge in [0.25, 0.3) is 0 Å². The van der Waals surface area contributed by atoms with Gasteiger partial charge in [-0.15, -0.1) is 0 Å². The predicted molar refractivity (Wildman–Crippen MR) is 129 cm³/mol. The molecule has 0 bridgehead atoms. The molecule has 176 valence electrons. The van der Waals surface area contributed by atoms with Crippen molar-refractivity contribution in [1.29, 1.82) is 0 Å². The van der Waals surface area contributed by atoms with Gasteiger partial charge in [0, 0.05) is 33.0 Å². The average molecular weight is 471 g/mol. The second-order valence-corrected chi connectivity index (χ2v) is 8.93. The zero-order valence-electron chi connectivity index (χ0n) is 19.5. The number of fused-ring (bicyclic) bond motifs is 1. The van der Waals surface area contributed by atoms with Crippen molar-refractivity contribution < 1.29 is 14.3 Å². The Labute approximate surface area is 197 Å². The molecule has 0 amide bonds. The third kappa shape index (κ3) is 4.68. The Morgan fingerprint density at radius 1 is 1.24 bits per heavy atom. The van der Waals surface area contributed by atoms with E-state index in [0.717, 1.165) is 47.9 Å². The maximum absolute atomic E-state index is 12.4. The highest BCUT2D eigenvalue weighted by molar-refractivity contribution is 7.99. The van der Waals surface area contributed by atoms with Crippen LogP contribution < -0.4 is 15.4 Å². The lowest BCUT2D eigenvalue weighted by atomic mass is 10.0. The molecule has 33 heavy (non-hydrogen) atoms. The number of thioether (sulfide) groups is 1. The number of aryl methyl sites for hydroxylation is 2. The fourth-order valence-electron chi connectivity index (χ4n) is 3.93. The summed E-state index contributed by atoms with van der Waals surface area (Å²) in [5, 5.41) is 0.120. The van der Waals surface area contributed by atoms with Crippen molar-refractivity contribution in [1.82, 2.24) is 19.5 Å². The summed E-state index contributed by atoms with van der Waals surface area (Å²) in [4.78, 5) is 29.0. The predicted octanol–water partition coefficient (Wildman–Crippen LogP) is 3.11. The molecular weight excluding hydrogens is 440 g/mol. The minimum Gasteiger partial charge on any atom is -0.496 e. The highest BCUT2D eigenvalue weighted by Crippen LogP contribution is 2.35. The zero-order chi connectivity index (χ0) is 23.5. The first kappa shape index (κ1) is 23.5. The van der Waals surface area contributed by atoms with E-state index < -0.39 is 5.37 Å². The molecule has 1 aliphatic heterocycles. The van der Waals surface area contributed by atoms with E-state index in [1.807, 2.05) is 30.7 Å². The topological polar surface area (TPSA) is 108 Å². The van der Waals surface area contributed by atoms with Gasteiger partial charge in [-0.3, -0.25) is 4.79 Å². The fourth-order valence-corrected chi connectivity index (χ4v) is 4.72. The van der Waals surface area contributed by atoms with E-state index in [9.17, 15) is 4.79 Å². The molecule has 4 rings (SSSR count). The van der Waals surface area contributed by atoms with Gasteiger partial charge >= 0.3 is 0 Å². The first-order valence-corrected chi connectivity index (χ1v) is 12.0. The average Bonchev–Trinajstić information content (AvgIpc) is 3.18. The number of ketones is 1. The van der Waals surface area contributed by atoms with Crippen LogP contribution in [0.2, 0.25) is 0 Å². The van der Waals surface area contributed by atoms with Crippen LogP contribution in [0.4, 0.5) is 5.82 Å². The smallest absolute Gasteiger partial charge is 0.193 e. The number of rotatable bonds is 8. The maximum atomic E-state index is 12.4. The monoisotopic (exact) mass is 470 g/mol. The van der Waals surface area contributed by atoms with E-state index in [0.29, 0.717) is 36.1 Å². The Kier molecular flexibility index (Phi) is 7.16. The number of carbonyl (C=O) groups is 1. The van der Waals surface area contributed by atoms with Gasteiger partial charge in [-0.05, 0) is 17.7 Å². The lowest BCUT2D eigenvalue weighted by molar-refractivity contribution is 0.0985. The Morgan fingerprint density at radius 2 is 2.00 bits per heavy atom. The summed E-state index contributed by atoms with van der Waals surface area (Å²) in [6, 6.07) is 5.48. The number of nitrogens with two attached hydrogens (primary N) is 1. The van der Waals surface area contributed by atoms with Gasteiger partial charge in [0.2, 0.25) is 0 Å². The van der Waals surface area contributed by atoms with Crippen molar-refractivity contribution in [2.24, 2.45) is 12.8 Å². The van der Waals surface area contributed by atoms with Crippen LogP contribution in [-0.2, 0) is 18.2 Å². The highest BCUT2D eigenvalue weighted by Gasteiger charge is 2.23. The van der Waals surface area contributed by atoms with Crippen LogP contribution in [0.15, 0.2) is 23.4 Å². The summed E-state index contributed by atoms with van der Waals surface area (Å²) in [7, 11) is 3.54. The number of methoxy groups -OCH3 is 1. The lowest BCUT2D eigenvalue weighted by Gasteiger charge is -2.28. The molecule has 0 saturated carbocycles. The van der Waals surface area contributed by atoms with Crippen LogP contribution in [0.3, 0.4) is 0 Å². The maximum Gasteiger partial charge on any atom is 0.193 e. The molecule has 3 heterocycles. The van der Waals surface area contributed by atoms with Gasteiger partial charge in [-0.1, -0.05) is 31.7 Å². The molecule has 1 atom stereocenters. The van der Waals surface area contributed by atoms with Gasteiger partial charge < -0.3 is 24.7 Å². The van der Waals surface area contributed by atoms with Crippen LogP contribution in [0.5, 0.6) is 5.75 Å². The molecule has 2 aromatic heterocycles. The Bertz CT molecular complexity index is 1160. The molecule has 3 aromatic rings. The van der Waals surface area contributed by atoms with Crippen LogP contribution in [-0.4, -0.2) is 58.7 Å². The Morgan fingerprint density at radius 3 is 2.67 bits per heavy atom. The number of aromatic nitrogens is 4. The molecule has 1 aliphatic rings. The summed E-state index contributed by atoms with van der Waals surface area (Å²) < 4.78 is 12.9. The molecule has 0 radical (unpaired) electrons. The van der Waals surface area contributed by atoms with Crippen LogP contribution in [0, 0.1) is 0 Å². The number of anilines is 1. The lowest BCUT2D eigenvalue weighted by Crippen LogP contribution is -2.37.